The molecule has 0 radical (unpaired) electrons. The summed E-state index contributed by atoms with van der Waals surface area (Å²) in [4.78, 5) is 17.6. The number of hydrogen-bond donors (Lipinski definition) is 0. The monoisotopic (exact) mass is 429 g/mol. The molecule has 3 aromatic heterocycles. The number of aromatic nitrogens is 5. The number of rotatable bonds is 8. The van der Waals surface area contributed by atoms with Crippen molar-refractivity contribution in [2.24, 2.45) is 0 Å². The Kier molecular flexibility index (Phi) is 6.63. The van der Waals surface area contributed by atoms with Gasteiger partial charge in [-0.15, -0.1) is 0 Å². The number of nitrogens with zero attached hydrogens (tertiary/aromatic N) is 5. The van der Waals surface area contributed by atoms with Gasteiger partial charge in [0.15, 0.2) is 19.1 Å². The van der Waals surface area contributed by atoms with Gasteiger partial charge >= 0.3 is 0 Å². The molecular formula is C21H31N5OSSi. The van der Waals surface area contributed by atoms with Gasteiger partial charge in [0.1, 0.15) is 18.6 Å². The normalized spacial score (nSPS) is 12.5. The molecule has 8 heteroatoms. The van der Waals surface area contributed by atoms with Crippen LogP contribution in [0.25, 0.3) is 11.0 Å². The molecule has 3 heterocycles. The Balaban J connectivity index is 2.04. The van der Waals surface area contributed by atoms with E-state index in [1.807, 2.05) is 12.5 Å². The SMILES string of the molecule is CSc1ncc(OCc2cn([Si](C(C)C)(C(C)C)C(C)C)c3ncncc23)cn1. The molecule has 0 atom stereocenters. The minimum absolute atomic E-state index is 0.442. The Morgan fingerprint density at radius 1 is 0.966 bits per heavy atom. The van der Waals surface area contributed by atoms with Gasteiger partial charge in [0.25, 0.3) is 0 Å². The number of fused-ring (bicyclic) bond motifs is 1. The molecule has 0 unspecified atom stereocenters. The quantitative estimate of drug-likeness (QED) is 0.266. The van der Waals surface area contributed by atoms with Crippen molar-refractivity contribution in [1.29, 1.82) is 0 Å². The second kappa shape index (κ2) is 8.83. The van der Waals surface area contributed by atoms with Crippen molar-refractivity contribution >= 4 is 31.0 Å². The van der Waals surface area contributed by atoms with Gasteiger partial charge in [-0.2, -0.15) is 0 Å². The number of thioether (sulfide) groups is 1. The molecule has 0 bridgehead atoms. The number of ether oxygens (including phenoxy) is 1. The van der Waals surface area contributed by atoms with Crippen molar-refractivity contribution in [2.45, 2.75) is 69.9 Å². The predicted molar refractivity (Wildman–Crippen MR) is 122 cm³/mol. The Bertz CT molecular complexity index is 934. The average Bonchev–Trinajstić information content (AvgIpc) is 3.05. The molecule has 0 fully saturated rings. The standard InChI is InChI=1S/C21H31N5OSSi/c1-14(2)29(15(3)4,16(5)6)26-11-17(19-10-22-13-25-20(19)26)12-27-18-8-23-21(28-7)24-9-18/h8-11,13-16H,12H2,1-7H3. The van der Waals surface area contributed by atoms with Crippen LogP contribution >= 0.6 is 11.8 Å². The third-order valence-electron chi connectivity index (χ3n) is 5.92. The zero-order valence-corrected chi connectivity index (χ0v) is 20.2. The van der Waals surface area contributed by atoms with Gasteiger partial charge in [0, 0.05) is 23.3 Å². The number of hydrogen-bond acceptors (Lipinski definition) is 6. The van der Waals surface area contributed by atoms with Crippen LogP contribution in [0.15, 0.2) is 36.3 Å². The van der Waals surface area contributed by atoms with Crippen molar-refractivity contribution in [3.8, 4) is 5.75 Å². The molecule has 0 saturated carbocycles. The van der Waals surface area contributed by atoms with E-state index < -0.39 is 8.24 Å². The van der Waals surface area contributed by atoms with Crippen molar-refractivity contribution in [3.05, 3.63) is 36.7 Å². The lowest BCUT2D eigenvalue weighted by atomic mass is 10.2. The van der Waals surface area contributed by atoms with E-state index in [0.29, 0.717) is 29.0 Å². The Morgan fingerprint density at radius 2 is 1.59 bits per heavy atom. The Hall–Kier alpha value is -1.93. The molecule has 156 valence electrons. The van der Waals surface area contributed by atoms with E-state index >= 15 is 0 Å². The minimum atomic E-state index is -1.92. The highest BCUT2D eigenvalue weighted by Gasteiger charge is 2.46. The molecule has 29 heavy (non-hydrogen) atoms. The summed E-state index contributed by atoms with van der Waals surface area (Å²) in [6, 6.07) is 0. The lowest BCUT2D eigenvalue weighted by molar-refractivity contribution is 0.304. The van der Waals surface area contributed by atoms with E-state index in [2.05, 4.69) is 66.9 Å². The highest BCUT2D eigenvalue weighted by Crippen LogP contribution is 2.44. The molecule has 6 nitrogen and oxygen atoms in total. The molecule has 0 aromatic carbocycles. The maximum Gasteiger partial charge on any atom is 0.187 e. The third kappa shape index (κ3) is 3.92. The second-order valence-electron chi connectivity index (χ2n) is 8.33. The van der Waals surface area contributed by atoms with Crippen LogP contribution in [-0.4, -0.2) is 38.7 Å². The lowest BCUT2D eigenvalue weighted by Crippen LogP contribution is -2.51. The first-order valence-corrected chi connectivity index (χ1v) is 13.5. The fourth-order valence-corrected chi connectivity index (χ4v) is 11.8. The van der Waals surface area contributed by atoms with Crippen molar-refractivity contribution in [3.63, 3.8) is 0 Å². The first-order chi connectivity index (χ1) is 13.8. The van der Waals surface area contributed by atoms with E-state index in [1.165, 1.54) is 11.8 Å². The topological polar surface area (TPSA) is 65.7 Å². The summed E-state index contributed by atoms with van der Waals surface area (Å²) in [7, 11) is -1.92. The maximum atomic E-state index is 6.02. The molecule has 0 N–H and O–H groups in total. The summed E-state index contributed by atoms with van der Waals surface area (Å²) in [6.07, 6.45) is 11.2. The zero-order chi connectivity index (χ0) is 21.2. The summed E-state index contributed by atoms with van der Waals surface area (Å²) in [5, 5.41) is 1.80. The third-order valence-corrected chi connectivity index (χ3v) is 13.2. The second-order valence-corrected chi connectivity index (χ2v) is 14.8. The van der Waals surface area contributed by atoms with Gasteiger partial charge < -0.3 is 8.97 Å². The highest BCUT2D eigenvalue weighted by molar-refractivity contribution is 7.98. The van der Waals surface area contributed by atoms with Crippen LogP contribution in [0.5, 0.6) is 5.75 Å². The van der Waals surface area contributed by atoms with Gasteiger partial charge in [0.05, 0.1) is 12.4 Å². The fraction of sp³-hybridized carbons (Fsp3) is 0.524. The average molecular weight is 430 g/mol. The molecule has 0 aliphatic rings. The van der Waals surface area contributed by atoms with Crippen LogP contribution in [0, 0.1) is 0 Å². The molecule has 0 saturated heterocycles. The fourth-order valence-electron chi connectivity index (χ4n) is 4.92. The Morgan fingerprint density at radius 3 is 2.14 bits per heavy atom. The van der Waals surface area contributed by atoms with E-state index in [9.17, 15) is 0 Å². The van der Waals surface area contributed by atoms with E-state index in [1.54, 1.807) is 18.7 Å². The van der Waals surface area contributed by atoms with Crippen LogP contribution in [0.2, 0.25) is 16.6 Å². The van der Waals surface area contributed by atoms with Crippen LogP contribution in [0.4, 0.5) is 0 Å². The van der Waals surface area contributed by atoms with Crippen molar-refractivity contribution < 1.29 is 4.74 Å². The molecular weight excluding hydrogens is 398 g/mol. The van der Waals surface area contributed by atoms with Crippen molar-refractivity contribution in [2.75, 3.05) is 6.26 Å². The molecule has 3 rings (SSSR count). The van der Waals surface area contributed by atoms with Gasteiger partial charge in [0.2, 0.25) is 0 Å². The molecule has 3 aromatic rings. The smallest absolute Gasteiger partial charge is 0.187 e. The molecule has 0 aliphatic carbocycles. The first kappa shape index (κ1) is 21.8. The summed E-state index contributed by atoms with van der Waals surface area (Å²) in [5.74, 6) is 0.667. The molecule has 0 aliphatic heterocycles. The zero-order valence-electron chi connectivity index (χ0n) is 18.4. The van der Waals surface area contributed by atoms with Crippen LogP contribution < -0.4 is 4.74 Å². The maximum absolute atomic E-state index is 6.02. The predicted octanol–water partition coefficient (Wildman–Crippen LogP) is 5.55. The molecule has 0 spiro atoms. The van der Waals surface area contributed by atoms with Gasteiger partial charge in [-0.05, 0) is 22.9 Å². The Labute approximate surface area is 178 Å². The summed E-state index contributed by atoms with van der Waals surface area (Å²) in [6.45, 7) is 14.6. The molecule has 0 amide bonds. The van der Waals surface area contributed by atoms with Gasteiger partial charge in [-0.1, -0.05) is 53.3 Å². The van der Waals surface area contributed by atoms with E-state index in [-0.39, 0.29) is 0 Å². The van der Waals surface area contributed by atoms with Gasteiger partial charge in [-0.3, -0.25) is 0 Å². The highest BCUT2D eigenvalue weighted by atomic mass is 32.2. The van der Waals surface area contributed by atoms with Crippen LogP contribution in [-0.2, 0) is 6.61 Å². The summed E-state index contributed by atoms with van der Waals surface area (Å²) >= 11 is 1.51. The van der Waals surface area contributed by atoms with Gasteiger partial charge in [-0.25, -0.2) is 19.9 Å². The largest absolute Gasteiger partial charge is 0.486 e. The van der Waals surface area contributed by atoms with E-state index in [4.69, 9.17) is 9.72 Å². The summed E-state index contributed by atoms with van der Waals surface area (Å²) in [5.41, 5.74) is 3.86. The van der Waals surface area contributed by atoms with Crippen LogP contribution in [0.3, 0.4) is 0 Å². The summed E-state index contributed by atoms with van der Waals surface area (Å²) < 4.78 is 8.53. The van der Waals surface area contributed by atoms with Crippen LogP contribution in [0.1, 0.15) is 47.1 Å². The lowest BCUT2D eigenvalue weighted by Gasteiger charge is -2.44. The first-order valence-electron chi connectivity index (χ1n) is 10.1. The minimum Gasteiger partial charge on any atom is -0.486 e. The van der Waals surface area contributed by atoms with E-state index in [0.717, 1.165) is 21.8 Å². The van der Waals surface area contributed by atoms with Crippen molar-refractivity contribution in [1.82, 2.24) is 24.2 Å².